The molecule has 0 spiro atoms. The number of fused-ring (bicyclic) bond motifs is 1. The number of ether oxygens (including phenoxy) is 1. The molecule has 0 saturated carbocycles. The molecule has 0 radical (unpaired) electrons. The van der Waals surface area contributed by atoms with E-state index >= 15 is 0 Å². The number of nitrogens with two attached hydrogens (primary N) is 1. The fraction of sp³-hybridized carbons (Fsp3) is 0.160. The monoisotopic (exact) mass is 437 g/mol. The number of carboxylic acids is 1. The highest BCUT2D eigenvalue weighted by Crippen LogP contribution is 2.35. The van der Waals surface area contributed by atoms with Gasteiger partial charge in [-0.05, 0) is 47.9 Å². The lowest BCUT2D eigenvalue weighted by Gasteiger charge is -2.10. The van der Waals surface area contributed by atoms with Crippen molar-refractivity contribution in [2.75, 3.05) is 0 Å². The lowest BCUT2D eigenvalue weighted by Crippen LogP contribution is -2.00. The molecule has 0 bridgehead atoms. The third-order valence-corrected chi connectivity index (χ3v) is 5.01. The average molecular weight is 438 g/mol. The Bertz CT molecular complexity index is 1170. The number of hydrogen-bond acceptors (Lipinski definition) is 4. The highest BCUT2D eigenvalue weighted by atomic mass is 35.5. The van der Waals surface area contributed by atoms with Crippen LogP contribution in [-0.2, 0) is 22.7 Å². The van der Waals surface area contributed by atoms with Crippen molar-refractivity contribution in [3.63, 3.8) is 0 Å². The minimum Gasteiger partial charge on any atom is -0.489 e. The predicted molar refractivity (Wildman–Crippen MR) is 124 cm³/mol. The van der Waals surface area contributed by atoms with Crippen molar-refractivity contribution in [3.05, 3.63) is 95.0 Å². The Morgan fingerprint density at radius 1 is 1.32 bits per heavy atom. The maximum Gasteiger partial charge on any atom is 0.307 e. The number of benzene rings is 2. The number of allylic oxidation sites excluding steroid dienone is 3. The molecule has 1 aromatic heterocycles. The zero-order chi connectivity index (χ0) is 22.4. The molecule has 1 heterocycles. The van der Waals surface area contributed by atoms with Gasteiger partial charge in [-0.1, -0.05) is 48.5 Å². The quantitative estimate of drug-likeness (QED) is 0.306. The number of carbonyl (C=O) groups is 1. The van der Waals surface area contributed by atoms with E-state index in [4.69, 9.17) is 31.6 Å². The van der Waals surface area contributed by atoms with Crippen molar-refractivity contribution in [2.45, 2.75) is 26.5 Å². The molecule has 0 amide bonds. The van der Waals surface area contributed by atoms with E-state index in [9.17, 15) is 4.79 Å². The predicted octanol–water partition coefficient (Wildman–Crippen LogP) is 6.22. The molecule has 160 valence electrons. The van der Waals surface area contributed by atoms with Gasteiger partial charge in [-0.2, -0.15) is 0 Å². The summed E-state index contributed by atoms with van der Waals surface area (Å²) < 4.78 is 11.8. The van der Waals surface area contributed by atoms with Gasteiger partial charge in [0, 0.05) is 28.1 Å². The molecule has 0 unspecified atom stereocenters. The molecule has 3 aromatic rings. The lowest BCUT2D eigenvalue weighted by molar-refractivity contribution is -0.136. The lowest BCUT2D eigenvalue weighted by atomic mass is 10.0. The smallest absolute Gasteiger partial charge is 0.307 e. The van der Waals surface area contributed by atoms with Crippen LogP contribution in [0.2, 0.25) is 5.02 Å². The number of rotatable bonds is 9. The van der Waals surface area contributed by atoms with E-state index in [1.54, 1.807) is 31.4 Å². The van der Waals surface area contributed by atoms with Crippen molar-refractivity contribution in [3.8, 4) is 11.1 Å². The van der Waals surface area contributed by atoms with Crippen molar-refractivity contribution in [2.24, 2.45) is 5.73 Å². The van der Waals surface area contributed by atoms with Crippen LogP contribution in [0.5, 0.6) is 0 Å². The molecule has 0 aliphatic carbocycles. The van der Waals surface area contributed by atoms with Crippen LogP contribution in [0.3, 0.4) is 0 Å². The molecule has 0 saturated heterocycles. The van der Waals surface area contributed by atoms with Gasteiger partial charge in [-0.15, -0.1) is 0 Å². The largest absolute Gasteiger partial charge is 0.489 e. The van der Waals surface area contributed by atoms with Crippen LogP contribution in [0.25, 0.3) is 22.1 Å². The van der Waals surface area contributed by atoms with Gasteiger partial charge >= 0.3 is 5.97 Å². The second-order valence-electron chi connectivity index (χ2n) is 7.09. The molecule has 0 atom stereocenters. The van der Waals surface area contributed by atoms with Crippen LogP contribution in [0.4, 0.5) is 0 Å². The molecular formula is C25H24ClNO4. The van der Waals surface area contributed by atoms with E-state index in [1.165, 1.54) is 0 Å². The summed E-state index contributed by atoms with van der Waals surface area (Å²) in [6.45, 7) is 6.01. The summed E-state index contributed by atoms with van der Waals surface area (Å²) in [5, 5.41) is 10.5. The maximum absolute atomic E-state index is 11.1. The molecule has 0 fully saturated rings. The van der Waals surface area contributed by atoms with E-state index in [0.29, 0.717) is 28.5 Å². The molecular weight excluding hydrogens is 414 g/mol. The van der Waals surface area contributed by atoms with Gasteiger partial charge in [0.25, 0.3) is 0 Å². The van der Waals surface area contributed by atoms with Gasteiger partial charge in [-0.3, -0.25) is 4.79 Å². The Morgan fingerprint density at radius 3 is 2.84 bits per heavy atom. The standard InChI is InChI=1S/C25H24ClNO4/c1-3-4-8-23(16(2)9-24(28)29)30-14-19-15-31-25-21(11-20(26)12-22(19)25)18-7-5-6-17(10-18)13-27/h3-8,10-12,15H,1,9,13-14,27H2,2H3,(H,28,29)/b8-4-,23-16-. The van der Waals surface area contributed by atoms with E-state index < -0.39 is 5.97 Å². The van der Waals surface area contributed by atoms with Crippen LogP contribution in [0.15, 0.2) is 83.2 Å². The number of hydrogen-bond donors (Lipinski definition) is 2. The zero-order valence-electron chi connectivity index (χ0n) is 17.2. The Labute approximate surface area is 186 Å². The highest BCUT2D eigenvalue weighted by molar-refractivity contribution is 6.32. The molecule has 31 heavy (non-hydrogen) atoms. The van der Waals surface area contributed by atoms with Crippen LogP contribution >= 0.6 is 11.6 Å². The van der Waals surface area contributed by atoms with Gasteiger partial charge in [0.05, 0.1) is 12.7 Å². The second kappa shape index (κ2) is 10.2. The third-order valence-electron chi connectivity index (χ3n) is 4.80. The van der Waals surface area contributed by atoms with Crippen LogP contribution in [0, 0.1) is 0 Å². The number of carboxylic acid groups (broad SMARTS) is 1. The van der Waals surface area contributed by atoms with E-state index in [1.807, 2.05) is 36.4 Å². The summed E-state index contributed by atoms with van der Waals surface area (Å²) in [4.78, 5) is 11.1. The normalized spacial score (nSPS) is 12.2. The summed E-state index contributed by atoms with van der Waals surface area (Å²) in [6, 6.07) is 11.6. The SMILES string of the molecule is C=C/C=C\C(OCc1coc2c(-c3cccc(CN)c3)cc(Cl)cc12)=C(/C)CC(=O)O. The molecule has 5 nitrogen and oxygen atoms in total. The van der Waals surface area contributed by atoms with Gasteiger partial charge in [-0.25, -0.2) is 0 Å². The Hall–Kier alpha value is -3.28. The number of furan rings is 1. The second-order valence-corrected chi connectivity index (χ2v) is 7.53. The van der Waals surface area contributed by atoms with Crippen LogP contribution < -0.4 is 5.73 Å². The topological polar surface area (TPSA) is 85.7 Å². The summed E-state index contributed by atoms with van der Waals surface area (Å²) in [6.07, 6.45) is 6.53. The van der Waals surface area contributed by atoms with Gasteiger partial charge in [0.2, 0.25) is 0 Å². The molecule has 3 rings (SSSR count). The van der Waals surface area contributed by atoms with Gasteiger partial charge in [0.1, 0.15) is 17.9 Å². The fourth-order valence-corrected chi connectivity index (χ4v) is 3.50. The summed E-state index contributed by atoms with van der Waals surface area (Å²) in [7, 11) is 0. The highest BCUT2D eigenvalue weighted by Gasteiger charge is 2.15. The van der Waals surface area contributed by atoms with Crippen LogP contribution in [0.1, 0.15) is 24.5 Å². The molecule has 0 aliphatic heterocycles. The van der Waals surface area contributed by atoms with Crippen LogP contribution in [-0.4, -0.2) is 11.1 Å². The number of aliphatic carboxylic acids is 1. The summed E-state index contributed by atoms with van der Waals surface area (Å²) in [5.74, 6) is -0.440. The number of halogens is 1. The van der Waals surface area contributed by atoms with Gasteiger partial charge < -0.3 is 20.0 Å². The van der Waals surface area contributed by atoms with Crippen molar-refractivity contribution >= 4 is 28.5 Å². The van der Waals surface area contributed by atoms with Crippen molar-refractivity contribution in [1.29, 1.82) is 0 Å². The summed E-state index contributed by atoms with van der Waals surface area (Å²) >= 11 is 6.41. The summed E-state index contributed by atoms with van der Waals surface area (Å²) in [5.41, 5.74) is 10.7. The Kier molecular flexibility index (Phi) is 7.34. The molecule has 6 heteroatoms. The minimum atomic E-state index is -0.921. The Balaban J connectivity index is 1.97. The van der Waals surface area contributed by atoms with Gasteiger partial charge in [0.15, 0.2) is 0 Å². The molecule has 2 aromatic carbocycles. The first-order chi connectivity index (χ1) is 14.9. The van der Waals surface area contributed by atoms with E-state index in [2.05, 4.69) is 6.58 Å². The van der Waals surface area contributed by atoms with E-state index in [-0.39, 0.29) is 13.0 Å². The first-order valence-electron chi connectivity index (χ1n) is 9.75. The average Bonchev–Trinajstić information content (AvgIpc) is 3.15. The zero-order valence-corrected chi connectivity index (χ0v) is 18.0. The maximum atomic E-state index is 11.1. The minimum absolute atomic E-state index is 0.115. The fourth-order valence-electron chi connectivity index (χ4n) is 3.28. The van der Waals surface area contributed by atoms with Crippen molar-refractivity contribution < 1.29 is 19.1 Å². The Morgan fingerprint density at radius 2 is 2.13 bits per heavy atom. The van der Waals surface area contributed by atoms with Crippen molar-refractivity contribution in [1.82, 2.24) is 0 Å². The first-order valence-corrected chi connectivity index (χ1v) is 10.1. The third kappa shape index (κ3) is 5.45. The first kappa shape index (κ1) is 22.4. The molecule has 0 aliphatic rings. The molecule has 3 N–H and O–H groups in total. The van der Waals surface area contributed by atoms with E-state index in [0.717, 1.165) is 27.6 Å².